The van der Waals surface area contributed by atoms with E-state index in [0.717, 1.165) is 6.26 Å². The molecule has 0 unspecified atom stereocenters. The first kappa shape index (κ1) is 15.8. The standard InChI is InChI=1S/C8H20N2O4S2/c1-10(2)6-5-9-16(13,14)8-4-7-15(3,11)12/h9H,4-8H2,1-3H3. The van der Waals surface area contributed by atoms with Gasteiger partial charge in [0.2, 0.25) is 10.0 Å². The molecule has 6 nitrogen and oxygen atoms in total. The van der Waals surface area contributed by atoms with E-state index in [4.69, 9.17) is 0 Å². The lowest BCUT2D eigenvalue weighted by molar-refractivity contribution is 0.412. The van der Waals surface area contributed by atoms with E-state index in [-0.39, 0.29) is 17.9 Å². The van der Waals surface area contributed by atoms with Crippen molar-refractivity contribution in [1.29, 1.82) is 0 Å². The molecule has 0 aliphatic heterocycles. The van der Waals surface area contributed by atoms with Gasteiger partial charge in [0, 0.05) is 19.3 Å². The van der Waals surface area contributed by atoms with E-state index in [1.54, 1.807) is 0 Å². The van der Waals surface area contributed by atoms with Gasteiger partial charge in [0.15, 0.2) is 0 Å². The van der Waals surface area contributed by atoms with Crippen molar-refractivity contribution in [3.63, 3.8) is 0 Å². The second-order valence-corrected chi connectivity index (χ2v) is 8.19. The van der Waals surface area contributed by atoms with Crippen molar-refractivity contribution in [2.45, 2.75) is 6.42 Å². The molecule has 8 heteroatoms. The molecule has 98 valence electrons. The lowest BCUT2D eigenvalue weighted by atomic mass is 10.6. The van der Waals surface area contributed by atoms with Crippen LogP contribution in [0.5, 0.6) is 0 Å². The van der Waals surface area contributed by atoms with Crippen molar-refractivity contribution in [2.24, 2.45) is 0 Å². The molecule has 0 saturated carbocycles. The first-order valence-corrected chi connectivity index (χ1v) is 8.63. The van der Waals surface area contributed by atoms with Gasteiger partial charge in [0.25, 0.3) is 0 Å². The quantitative estimate of drug-likeness (QED) is 0.606. The second kappa shape index (κ2) is 6.53. The normalized spacial score (nSPS) is 13.2. The topological polar surface area (TPSA) is 83.6 Å². The molecule has 0 atom stereocenters. The van der Waals surface area contributed by atoms with E-state index in [0.29, 0.717) is 13.1 Å². The van der Waals surface area contributed by atoms with E-state index in [9.17, 15) is 16.8 Å². The lowest BCUT2D eigenvalue weighted by Crippen LogP contribution is -2.33. The average molecular weight is 272 g/mol. The number of hydrogen-bond donors (Lipinski definition) is 1. The summed E-state index contributed by atoms with van der Waals surface area (Å²) in [6, 6.07) is 0. The Bertz CT molecular complexity index is 386. The molecule has 0 spiro atoms. The van der Waals surface area contributed by atoms with Crippen LogP contribution in [0.2, 0.25) is 0 Å². The summed E-state index contributed by atoms with van der Waals surface area (Å²) >= 11 is 0. The highest BCUT2D eigenvalue weighted by molar-refractivity contribution is 7.91. The Balaban J connectivity index is 3.89. The average Bonchev–Trinajstić information content (AvgIpc) is 1.99. The Labute approximate surface area is 98.0 Å². The van der Waals surface area contributed by atoms with Crippen molar-refractivity contribution >= 4 is 19.9 Å². The van der Waals surface area contributed by atoms with Crippen molar-refractivity contribution in [3.8, 4) is 0 Å². The van der Waals surface area contributed by atoms with Gasteiger partial charge in [-0.05, 0) is 20.5 Å². The van der Waals surface area contributed by atoms with E-state index in [1.807, 2.05) is 19.0 Å². The van der Waals surface area contributed by atoms with Crippen LogP contribution in [0.4, 0.5) is 0 Å². The van der Waals surface area contributed by atoms with Gasteiger partial charge in [-0.15, -0.1) is 0 Å². The highest BCUT2D eigenvalue weighted by Crippen LogP contribution is 1.94. The molecule has 0 bridgehead atoms. The Kier molecular flexibility index (Phi) is 6.46. The van der Waals surface area contributed by atoms with E-state index >= 15 is 0 Å². The Morgan fingerprint density at radius 2 is 1.62 bits per heavy atom. The van der Waals surface area contributed by atoms with Gasteiger partial charge in [0.1, 0.15) is 9.84 Å². The van der Waals surface area contributed by atoms with E-state index in [2.05, 4.69) is 4.72 Å². The Hall–Kier alpha value is -0.180. The zero-order valence-electron chi connectivity index (χ0n) is 9.93. The summed E-state index contributed by atoms with van der Waals surface area (Å²) in [5.74, 6) is -0.241. The summed E-state index contributed by atoms with van der Waals surface area (Å²) in [7, 11) is -2.73. The van der Waals surface area contributed by atoms with Gasteiger partial charge in [-0.3, -0.25) is 0 Å². The van der Waals surface area contributed by atoms with Crippen LogP contribution >= 0.6 is 0 Å². The maximum atomic E-state index is 11.4. The molecule has 0 amide bonds. The number of sulfonamides is 1. The highest BCUT2D eigenvalue weighted by atomic mass is 32.2. The predicted molar refractivity (Wildman–Crippen MR) is 64.7 cm³/mol. The second-order valence-electron chi connectivity index (χ2n) is 4.00. The van der Waals surface area contributed by atoms with Crippen LogP contribution in [0.15, 0.2) is 0 Å². The van der Waals surface area contributed by atoms with Gasteiger partial charge in [-0.25, -0.2) is 21.6 Å². The SMILES string of the molecule is CN(C)CCNS(=O)(=O)CCCS(C)(=O)=O. The minimum Gasteiger partial charge on any atom is -0.308 e. The maximum Gasteiger partial charge on any atom is 0.211 e. The molecule has 0 aromatic rings. The van der Waals surface area contributed by atoms with Crippen LogP contribution in [0.25, 0.3) is 0 Å². The zero-order chi connectivity index (χ0) is 12.8. The minimum absolute atomic E-state index is 0.0956. The first-order valence-electron chi connectivity index (χ1n) is 4.92. The smallest absolute Gasteiger partial charge is 0.211 e. The molecular formula is C8H20N2O4S2. The molecule has 0 saturated heterocycles. The number of nitrogens with one attached hydrogen (secondary N) is 1. The molecule has 1 N–H and O–H groups in total. The Morgan fingerprint density at radius 1 is 1.06 bits per heavy atom. The summed E-state index contributed by atoms with van der Waals surface area (Å²) in [5, 5.41) is 0. The largest absolute Gasteiger partial charge is 0.308 e. The minimum atomic E-state index is -3.34. The van der Waals surface area contributed by atoms with Gasteiger partial charge >= 0.3 is 0 Å². The molecule has 0 aliphatic rings. The number of rotatable bonds is 8. The van der Waals surface area contributed by atoms with Crippen molar-refractivity contribution in [2.75, 3.05) is 44.9 Å². The summed E-state index contributed by atoms with van der Waals surface area (Å²) in [5.41, 5.74) is 0. The van der Waals surface area contributed by atoms with Crippen LogP contribution < -0.4 is 4.72 Å². The van der Waals surface area contributed by atoms with Crippen molar-refractivity contribution in [1.82, 2.24) is 9.62 Å². The molecule has 16 heavy (non-hydrogen) atoms. The third-order valence-electron chi connectivity index (χ3n) is 1.81. The number of sulfone groups is 1. The van der Waals surface area contributed by atoms with Gasteiger partial charge in [-0.1, -0.05) is 0 Å². The van der Waals surface area contributed by atoms with Gasteiger partial charge in [-0.2, -0.15) is 0 Å². The number of likely N-dealkylation sites (N-methyl/N-ethyl adjacent to an activating group) is 1. The predicted octanol–water partition coefficient (Wildman–Crippen LogP) is -1.10. The maximum absolute atomic E-state index is 11.4. The zero-order valence-corrected chi connectivity index (χ0v) is 11.6. The van der Waals surface area contributed by atoms with Crippen molar-refractivity contribution in [3.05, 3.63) is 0 Å². The molecule has 0 aromatic heterocycles. The summed E-state index contributed by atoms with van der Waals surface area (Å²) in [6.45, 7) is 0.958. The molecule has 0 heterocycles. The molecular weight excluding hydrogens is 252 g/mol. The summed E-state index contributed by atoms with van der Waals surface area (Å²) < 4.78 is 46.8. The van der Waals surface area contributed by atoms with E-state index < -0.39 is 19.9 Å². The number of nitrogens with zero attached hydrogens (tertiary/aromatic N) is 1. The number of hydrogen-bond acceptors (Lipinski definition) is 5. The molecule has 0 fully saturated rings. The van der Waals surface area contributed by atoms with Crippen LogP contribution in [0.1, 0.15) is 6.42 Å². The lowest BCUT2D eigenvalue weighted by Gasteiger charge is -2.10. The third kappa shape index (κ3) is 10.3. The fourth-order valence-corrected chi connectivity index (χ4v) is 2.93. The van der Waals surface area contributed by atoms with Crippen LogP contribution in [-0.4, -0.2) is 66.7 Å². The summed E-state index contributed by atoms with van der Waals surface area (Å²) in [4.78, 5) is 1.86. The van der Waals surface area contributed by atoms with Crippen LogP contribution in [0, 0.1) is 0 Å². The third-order valence-corrected chi connectivity index (χ3v) is 4.31. The molecule has 0 radical (unpaired) electrons. The monoisotopic (exact) mass is 272 g/mol. The highest BCUT2D eigenvalue weighted by Gasteiger charge is 2.11. The molecule has 0 rings (SSSR count). The molecule has 0 aromatic carbocycles. The molecule has 0 aliphatic carbocycles. The Morgan fingerprint density at radius 3 is 2.06 bits per heavy atom. The fraction of sp³-hybridized carbons (Fsp3) is 1.00. The van der Waals surface area contributed by atoms with Crippen molar-refractivity contribution < 1.29 is 16.8 Å². The van der Waals surface area contributed by atoms with Gasteiger partial charge in [0.05, 0.1) is 11.5 Å². The fourth-order valence-electron chi connectivity index (χ4n) is 1.01. The van der Waals surface area contributed by atoms with Crippen LogP contribution in [-0.2, 0) is 19.9 Å². The summed E-state index contributed by atoms with van der Waals surface area (Å²) in [6.07, 6.45) is 1.23. The first-order chi connectivity index (χ1) is 7.12. The van der Waals surface area contributed by atoms with Gasteiger partial charge < -0.3 is 4.90 Å². The van der Waals surface area contributed by atoms with Crippen LogP contribution in [0.3, 0.4) is 0 Å². The van der Waals surface area contributed by atoms with E-state index in [1.165, 1.54) is 0 Å².